The third-order valence-corrected chi connectivity index (χ3v) is 3.10. The maximum atomic E-state index is 8.38. The van der Waals surface area contributed by atoms with Gasteiger partial charge in [-0.1, -0.05) is 0 Å². The molecule has 0 aliphatic carbocycles. The SMILES string of the molecule is N#CSc1nc(I)ncc1I. The number of thioether (sulfide) groups is 1. The van der Waals surface area contributed by atoms with E-state index in [4.69, 9.17) is 5.26 Å². The second-order valence-electron chi connectivity index (χ2n) is 1.49. The van der Waals surface area contributed by atoms with Crippen LogP contribution in [0.1, 0.15) is 0 Å². The Hall–Kier alpha value is 0.380. The molecule has 11 heavy (non-hydrogen) atoms. The fraction of sp³-hybridized carbons (Fsp3) is 0. The van der Waals surface area contributed by atoms with Gasteiger partial charge in [-0.2, -0.15) is 5.26 Å². The number of nitrogens with zero attached hydrogens (tertiary/aromatic N) is 3. The van der Waals surface area contributed by atoms with Crippen LogP contribution in [0.2, 0.25) is 0 Å². The number of aromatic nitrogens is 2. The van der Waals surface area contributed by atoms with E-state index in [9.17, 15) is 0 Å². The fourth-order valence-corrected chi connectivity index (χ4v) is 1.95. The Morgan fingerprint density at radius 1 is 1.55 bits per heavy atom. The molecule has 0 N–H and O–H groups in total. The molecule has 0 bridgehead atoms. The van der Waals surface area contributed by atoms with Crippen LogP contribution in [-0.2, 0) is 0 Å². The molecule has 1 aromatic heterocycles. The summed E-state index contributed by atoms with van der Waals surface area (Å²) in [6.07, 6.45) is 1.70. The maximum Gasteiger partial charge on any atom is 0.191 e. The molecule has 0 unspecified atom stereocenters. The minimum atomic E-state index is 0.667. The number of rotatable bonds is 1. The van der Waals surface area contributed by atoms with Crippen molar-refractivity contribution < 1.29 is 0 Å². The summed E-state index contributed by atoms with van der Waals surface area (Å²) in [6.45, 7) is 0. The first-order valence-electron chi connectivity index (χ1n) is 2.48. The van der Waals surface area contributed by atoms with Crippen LogP contribution in [0.5, 0.6) is 0 Å². The van der Waals surface area contributed by atoms with Gasteiger partial charge in [0.1, 0.15) is 10.4 Å². The molecule has 0 aliphatic heterocycles. The summed E-state index contributed by atoms with van der Waals surface area (Å²) >= 11 is 5.17. The van der Waals surface area contributed by atoms with E-state index in [0.29, 0.717) is 3.83 Å². The summed E-state index contributed by atoms with van der Waals surface area (Å²) in [5.41, 5.74) is 0. The lowest BCUT2D eigenvalue weighted by Crippen LogP contribution is -1.90. The topological polar surface area (TPSA) is 49.6 Å². The Bertz CT molecular complexity index is 309. The van der Waals surface area contributed by atoms with Crippen molar-refractivity contribution in [2.75, 3.05) is 0 Å². The molecule has 0 radical (unpaired) electrons. The van der Waals surface area contributed by atoms with Crippen molar-refractivity contribution in [1.82, 2.24) is 9.97 Å². The van der Waals surface area contributed by atoms with Crippen LogP contribution < -0.4 is 0 Å². The van der Waals surface area contributed by atoms with Gasteiger partial charge in [-0.3, -0.25) is 0 Å². The lowest BCUT2D eigenvalue weighted by Gasteiger charge is -1.95. The highest BCUT2D eigenvalue weighted by Gasteiger charge is 2.02. The minimum Gasteiger partial charge on any atom is -0.230 e. The zero-order valence-electron chi connectivity index (χ0n) is 5.08. The lowest BCUT2D eigenvalue weighted by molar-refractivity contribution is 0.983. The highest BCUT2D eigenvalue weighted by atomic mass is 127. The van der Waals surface area contributed by atoms with Crippen LogP contribution in [-0.4, -0.2) is 9.97 Å². The van der Waals surface area contributed by atoms with Gasteiger partial charge in [0.15, 0.2) is 3.83 Å². The van der Waals surface area contributed by atoms with Crippen LogP contribution in [0.25, 0.3) is 0 Å². The van der Waals surface area contributed by atoms with Gasteiger partial charge >= 0.3 is 0 Å². The molecule has 1 rings (SSSR count). The Morgan fingerprint density at radius 3 is 2.91 bits per heavy atom. The molecule has 3 nitrogen and oxygen atoms in total. The smallest absolute Gasteiger partial charge is 0.191 e. The minimum absolute atomic E-state index is 0.667. The zero-order valence-corrected chi connectivity index (χ0v) is 10.2. The third kappa shape index (κ3) is 2.72. The molecule has 0 spiro atoms. The first-order valence-corrected chi connectivity index (χ1v) is 5.45. The maximum absolute atomic E-state index is 8.38. The zero-order chi connectivity index (χ0) is 8.27. The van der Waals surface area contributed by atoms with Gasteiger partial charge < -0.3 is 0 Å². The van der Waals surface area contributed by atoms with Gasteiger partial charge in [0.25, 0.3) is 0 Å². The molecule has 0 saturated heterocycles. The molecule has 0 fully saturated rings. The first-order chi connectivity index (χ1) is 5.24. The standard InChI is InChI=1S/C5HI2N3S/c6-3-1-9-5(7)10-4(3)11-2-8/h1H. The van der Waals surface area contributed by atoms with Crippen molar-refractivity contribution in [3.63, 3.8) is 0 Å². The number of hydrogen-bond acceptors (Lipinski definition) is 4. The van der Waals surface area contributed by atoms with Gasteiger partial charge in [-0.15, -0.1) is 0 Å². The number of thiocyanates is 1. The highest BCUT2D eigenvalue weighted by Crippen LogP contribution is 2.20. The monoisotopic (exact) mass is 389 g/mol. The lowest BCUT2D eigenvalue weighted by atomic mass is 10.7. The van der Waals surface area contributed by atoms with E-state index in [1.54, 1.807) is 6.20 Å². The van der Waals surface area contributed by atoms with E-state index in [1.807, 2.05) is 28.0 Å². The number of nitriles is 1. The molecule has 0 aliphatic rings. The molecule has 0 atom stereocenters. The van der Waals surface area contributed by atoms with E-state index in [2.05, 4.69) is 32.6 Å². The average Bonchev–Trinajstić information content (AvgIpc) is 1.98. The Morgan fingerprint density at radius 2 is 2.27 bits per heavy atom. The van der Waals surface area contributed by atoms with Crippen LogP contribution in [0.3, 0.4) is 0 Å². The summed E-state index contributed by atoms with van der Waals surface area (Å²) < 4.78 is 1.58. The second kappa shape index (κ2) is 4.42. The van der Waals surface area contributed by atoms with Crippen molar-refractivity contribution in [1.29, 1.82) is 5.26 Å². The Balaban J connectivity index is 3.05. The summed E-state index contributed by atoms with van der Waals surface area (Å²) in [5.74, 6) is 0. The van der Waals surface area contributed by atoms with Crippen molar-refractivity contribution in [3.8, 4) is 5.40 Å². The van der Waals surface area contributed by atoms with Crippen molar-refractivity contribution in [3.05, 3.63) is 13.6 Å². The van der Waals surface area contributed by atoms with Gasteiger partial charge in [-0.25, -0.2) is 9.97 Å². The molecule has 6 heteroatoms. The van der Waals surface area contributed by atoms with E-state index in [-0.39, 0.29) is 0 Å². The molecule has 0 amide bonds. The van der Waals surface area contributed by atoms with Crippen LogP contribution in [0.15, 0.2) is 11.2 Å². The quantitative estimate of drug-likeness (QED) is 0.243. The number of hydrogen-bond donors (Lipinski definition) is 0. The van der Waals surface area contributed by atoms with Crippen LogP contribution in [0.4, 0.5) is 0 Å². The Labute approximate surface area is 95.3 Å². The number of halogens is 2. The van der Waals surface area contributed by atoms with E-state index in [1.165, 1.54) is 0 Å². The Kier molecular flexibility index (Phi) is 3.80. The predicted molar refractivity (Wildman–Crippen MR) is 58.9 cm³/mol. The van der Waals surface area contributed by atoms with Gasteiger partial charge in [-0.05, 0) is 22.6 Å². The fourth-order valence-electron chi connectivity index (χ4n) is 0.446. The van der Waals surface area contributed by atoms with Gasteiger partial charge in [0, 0.05) is 40.5 Å². The summed E-state index contributed by atoms with van der Waals surface area (Å²) in [4.78, 5) is 8.04. The van der Waals surface area contributed by atoms with Crippen molar-refractivity contribution >= 4 is 56.9 Å². The third-order valence-electron chi connectivity index (χ3n) is 0.825. The largest absolute Gasteiger partial charge is 0.230 e. The molecule has 1 aromatic rings. The summed E-state index contributed by atoms with van der Waals surface area (Å²) in [7, 11) is 0. The second-order valence-corrected chi connectivity index (χ2v) is 4.39. The van der Waals surface area contributed by atoms with Crippen molar-refractivity contribution in [2.24, 2.45) is 0 Å². The van der Waals surface area contributed by atoms with Crippen molar-refractivity contribution in [2.45, 2.75) is 5.03 Å². The highest BCUT2D eigenvalue weighted by molar-refractivity contribution is 14.1. The summed E-state index contributed by atoms with van der Waals surface area (Å²) in [6, 6.07) is 0. The van der Waals surface area contributed by atoms with E-state index < -0.39 is 0 Å². The molecule has 56 valence electrons. The normalized spacial score (nSPS) is 9.18. The van der Waals surface area contributed by atoms with Crippen LogP contribution in [0, 0.1) is 18.1 Å². The van der Waals surface area contributed by atoms with E-state index in [0.717, 1.165) is 20.4 Å². The molecule has 0 saturated carbocycles. The van der Waals surface area contributed by atoms with Gasteiger partial charge in [0.2, 0.25) is 0 Å². The summed E-state index contributed by atoms with van der Waals surface area (Å²) in [5, 5.41) is 11.1. The predicted octanol–water partition coefficient (Wildman–Crippen LogP) is 2.26. The van der Waals surface area contributed by atoms with E-state index >= 15 is 0 Å². The average molecular weight is 389 g/mol. The molecule has 0 aromatic carbocycles. The van der Waals surface area contributed by atoms with Gasteiger partial charge in [0.05, 0.1) is 3.57 Å². The molecule has 1 heterocycles. The molecular weight excluding hydrogens is 388 g/mol. The first kappa shape index (κ1) is 9.47. The van der Waals surface area contributed by atoms with Crippen LogP contribution >= 0.6 is 56.9 Å². The molecular formula is C5HI2N3S.